The molecule has 1 saturated heterocycles. The van der Waals surface area contributed by atoms with Crippen molar-refractivity contribution in [2.24, 2.45) is 0 Å². The second kappa shape index (κ2) is 4.40. The summed E-state index contributed by atoms with van der Waals surface area (Å²) in [6.07, 6.45) is -4.49. The number of hydrogen-bond acceptors (Lipinski definition) is 3. The third-order valence-electron chi connectivity index (χ3n) is 2.75. The van der Waals surface area contributed by atoms with Gasteiger partial charge in [0.15, 0.2) is 0 Å². The van der Waals surface area contributed by atoms with Gasteiger partial charge in [0.05, 0.1) is 12.1 Å². The van der Waals surface area contributed by atoms with E-state index in [-0.39, 0.29) is 18.1 Å². The molecule has 0 spiro atoms. The summed E-state index contributed by atoms with van der Waals surface area (Å²) in [5, 5.41) is 2.61. The number of carbonyl (C=O) groups excluding carboxylic acids is 1. The van der Waals surface area contributed by atoms with Gasteiger partial charge in [0, 0.05) is 24.5 Å². The fraction of sp³-hybridized carbons (Fsp3) is 0.364. The van der Waals surface area contributed by atoms with Crippen molar-refractivity contribution < 1.29 is 18.0 Å². The zero-order chi connectivity index (χ0) is 13.3. The number of anilines is 2. The first-order valence-corrected chi connectivity index (χ1v) is 5.36. The van der Waals surface area contributed by atoms with E-state index in [4.69, 9.17) is 5.73 Å². The van der Waals surface area contributed by atoms with E-state index in [1.807, 2.05) is 0 Å². The Hall–Kier alpha value is -1.92. The quantitative estimate of drug-likeness (QED) is 0.746. The number of nitrogens with one attached hydrogen (secondary N) is 1. The number of hydrogen-bond donors (Lipinski definition) is 2. The van der Waals surface area contributed by atoms with E-state index in [0.29, 0.717) is 18.8 Å². The van der Waals surface area contributed by atoms with Crippen LogP contribution >= 0.6 is 0 Å². The van der Waals surface area contributed by atoms with Gasteiger partial charge in [-0.15, -0.1) is 0 Å². The summed E-state index contributed by atoms with van der Waals surface area (Å²) in [5.74, 6) is -0.202. The fourth-order valence-corrected chi connectivity index (χ4v) is 1.85. The zero-order valence-corrected chi connectivity index (χ0v) is 9.42. The average molecular weight is 259 g/mol. The number of piperazine rings is 1. The van der Waals surface area contributed by atoms with Crippen molar-refractivity contribution in [3.8, 4) is 0 Å². The van der Waals surface area contributed by atoms with Crippen LogP contribution in [0.25, 0.3) is 0 Å². The second-order valence-electron chi connectivity index (χ2n) is 4.04. The smallest absolute Gasteiger partial charge is 0.398 e. The Labute approximate surface area is 102 Å². The number of alkyl halides is 3. The lowest BCUT2D eigenvalue weighted by atomic mass is 10.1. The molecule has 1 aliphatic heterocycles. The third-order valence-corrected chi connectivity index (χ3v) is 2.75. The molecular formula is C11H12F3N3O. The van der Waals surface area contributed by atoms with Crippen molar-refractivity contribution in [1.29, 1.82) is 0 Å². The van der Waals surface area contributed by atoms with Crippen LogP contribution in [0.2, 0.25) is 0 Å². The second-order valence-corrected chi connectivity index (χ2v) is 4.04. The molecule has 4 nitrogen and oxygen atoms in total. The molecule has 1 amide bonds. The molecule has 0 unspecified atom stereocenters. The summed E-state index contributed by atoms with van der Waals surface area (Å²) in [7, 11) is 0. The largest absolute Gasteiger partial charge is 0.418 e. The molecule has 1 heterocycles. The minimum Gasteiger partial charge on any atom is -0.398 e. The molecule has 18 heavy (non-hydrogen) atoms. The summed E-state index contributed by atoms with van der Waals surface area (Å²) in [6.45, 7) is 0.957. The van der Waals surface area contributed by atoms with Crippen LogP contribution in [0.3, 0.4) is 0 Å². The van der Waals surface area contributed by atoms with Gasteiger partial charge < -0.3 is 16.0 Å². The maximum absolute atomic E-state index is 12.7. The summed E-state index contributed by atoms with van der Waals surface area (Å²) >= 11 is 0. The standard InChI is InChI=1S/C11H12F3N3O/c12-11(13,14)8-5-7(1-2-9(8)15)17-4-3-16-10(18)6-17/h1-2,5H,3-4,6,15H2,(H,16,18). The third kappa shape index (κ3) is 2.49. The molecule has 1 aromatic carbocycles. The number of nitrogens with zero attached hydrogens (tertiary/aromatic N) is 1. The van der Waals surface area contributed by atoms with E-state index in [2.05, 4.69) is 5.32 Å². The van der Waals surface area contributed by atoms with Crippen LogP contribution in [-0.2, 0) is 11.0 Å². The maximum atomic E-state index is 12.7. The summed E-state index contributed by atoms with van der Waals surface area (Å²) < 4.78 is 38.1. The van der Waals surface area contributed by atoms with Crippen LogP contribution in [-0.4, -0.2) is 25.5 Å². The van der Waals surface area contributed by atoms with Gasteiger partial charge in [0.25, 0.3) is 0 Å². The summed E-state index contributed by atoms with van der Waals surface area (Å²) in [6, 6.07) is 3.68. The summed E-state index contributed by atoms with van der Waals surface area (Å²) in [4.78, 5) is 12.8. The molecule has 0 aliphatic carbocycles. The molecule has 3 N–H and O–H groups in total. The summed E-state index contributed by atoms with van der Waals surface area (Å²) in [5.41, 5.74) is 4.49. The van der Waals surface area contributed by atoms with Crippen LogP contribution < -0.4 is 16.0 Å². The van der Waals surface area contributed by atoms with Crippen LogP contribution in [0.15, 0.2) is 18.2 Å². The molecule has 0 saturated carbocycles. The highest BCUT2D eigenvalue weighted by Crippen LogP contribution is 2.35. The fourth-order valence-electron chi connectivity index (χ4n) is 1.85. The van der Waals surface area contributed by atoms with Gasteiger partial charge in [-0.3, -0.25) is 4.79 Å². The van der Waals surface area contributed by atoms with Crippen LogP contribution in [0.1, 0.15) is 5.56 Å². The molecule has 0 radical (unpaired) electrons. The Kier molecular flexibility index (Phi) is 3.06. The van der Waals surface area contributed by atoms with Crippen LogP contribution in [0, 0.1) is 0 Å². The van der Waals surface area contributed by atoms with E-state index in [1.165, 1.54) is 12.1 Å². The minimum atomic E-state index is -4.49. The van der Waals surface area contributed by atoms with E-state index in [9.17, 15) is 18.0 Å². The van der Waals surface area contributed by atoms with Gasteiger partial charge in [-0.05, 0) is 18.2 Å². The molecule has 98 valence electrons. The number of nitrogens with two attached hydrogens (primary N) is 1. The van der Waals surface area contributed by atoms with Gasteiger partial charge in [-0.1, -0.05) is 0 Å². The van der Waals surface area contributed by atoms with Crippen LogP contribution in [0.4, 0.5) is 24.5 Å². The minimum absolute atomic E-state index is 0.0568. The monoisotopic (exact) mass is 259 g/mol. The topological polar surface area (TPSA) is 58.4 Å². The molecule has 0 bridgehead atoms. The Bertz CT molecular complexity index is 473. The number of nitrogen functional groups attached to an aromatic ring is 1. The van der Waals surface area contributed by atoms with Crippen molar-refractivity contribution in [2.45, 2.75) is 6.18 Å². The van der Waals surface area contributed by atoms with E-state index < -0.39 is 11.7 Å². The Balaban J connectivity index is 2.32. The molecule has 0 atom stereocenters. The Morgan fingerprint density at radius 1 is 1.33 bits per heavy atom. The first-order chi connectivity index (χ1) is 8.38. The molecule has 2 rings (SSSR count). The van der Waals surface area contributed by atoms with Gasteiger partial charge >= 0.3 is 6.18 Å². The predicted molar refractivity (Wildman–Crippen MR) is 61.1 cm³/mol. The number of halogens is 3. The zero-order valence-electron chi connectivity index (χ0n) is 9.42. The molecule has 1 fully saturated rings. The molecular weight excluding hydrogens is 247 g/mol. The first-order valence-electron chi connectivity index (χ1n) is 5.36. The van der Waals surface area contributed by atoms with Gasteiger partial charge in [0.2, 0.25) is 5.91 Å². The van der Waals surface area contributed by atoms with E-state index >= 15 is 0 Å². The highest BCUT2D eigenvalue weighted by atomic mass is 19.4. The lowest BCUT2D eigenvalue weighted by Crippen LogP contribution is -2.47. The van der Waals surface area contributed by atoms with Gasteiger partial charge in [-0.2, -0.15) is 13.2 Å². The Morgan fingerprint density at radius 3 is 2.67 bits per heavy atom. The number of rotatable bonds is 1. The number of amides is 1. The Morgan fingerprint density at radius 2 is 2.06 bits per heavy atom. The van der Waals surface area contributed by atoms with Crippen molar-refractivity contribution in [3.05, 3.63) is 23.8 Å². The average Bonchev–Trinajstić information content (AvgIpc) is 2.28. The van der Waals surface area contributed by atoms with E-state index in [0.717, 1.165) is 6.07 Å². The normalized spacial score (nSPS) is 16.6. The molecule has 1 aliphatic rings. The van der Waals surface area contributed by atoms with Gasteiger partial charge in [-0.25, -0.2) is 0 Å². The lowest BCUT2D eigenvalue weighted by Gasteiger charge is -2.29. The van der Waals surface area contributed by atoms with Crippen LogP contribution in [0.5, 0.6) is 0 Å². The molecule has 1 aromatic rings. The number of benzene rings is 1. The SMILES string of the molecule is Nc1ccc(N2CCNC(=O)C2)cc1C(F)(F)F. The van der Waals surface area contributed by atoms with Crippen molar-refractivity contribution in [2.75, 3.05) is 30.3 Å². The molecule has 0 aromatic heterocycles. The highest BCUT2D eigenvalue weighted by Gasteiger charge is 2.33. The lowest BCUT2D eigenvalue weighted by molar-refractivity contribution is -0.136. The number of carbonyl (C=O) groups is 1. The van der Waals surface area contributed by atoms with Gasteiger partial charge in [0.1, 0.15) is 0 Å². The molecule has 7 heteroatoms. The first kappa shape index (κ1) is 12.5. The van der Waals surface area contributed by atoms with E-state index in [1.54, 1.807) is 4.90 Å². The highest BCUT2D eigenvalue weighted by molar-refractivity contribution is 5.82. The maximum Gasteiger partial charge on any atom is 0.418 e. The van der Waals surface area contributed by atoms with Crippen molar-refractivity contribution in [1.82, 2.24) is 5.32 Å². The van der Waals surface area contributed by atoms with Crippen molar-refractivity contribution in [3.63, 3.8) is 0 Å². The predicted octanol–water partition coefficient (Wildman–Crippen LogP) is 1.22. The van der Waals surface area contributed by atoms with Crippen molar-refractivity contribution >= 4 is 17.3 Å².